The fourth-order valence-electron chi connectivity index (χ4n) is 4.24. The Morgan fingerprint density at radius 3 is 2.47 bits per heavy atom. The van der Waals surface area contributed by atoms with Crippen LogP contribution in [0.25, 0.3) is 10.9 Å². The monoisotopic (exact) mass is 489 g/mol. The van der Waals surface area contributed by atoms with Crippen LogP contribution in [0.2, 0.25) is 0 Å². The summed E-state index contributed by atoms with van der Waals surface area (Å²) in [6.45, 7) is 8.80. The Hall–Kier alpha value is -4.03. The summed E-state index contributed by atoms with van der Waals surface area (Å²) in [4.78, 5) is 19.4. The predicted octanol–water partition coefficient (Wildman–Crippen LogP) is 3.77. The Morgan fingerprint density at radius 1 is 1.14 bits per heavy atom. The van der Waals surface area contributed by atoms with Crippen molar-refractivity contribution in [3.8, 4) is 23.3 Å². The number of hydrazine groups is 1. The number of carbonyl (C=O) groups is 1. The van der Waals surface area contributed by atoms with E-state index < -0.39 is 0 Å². The molecule has 3 aromatic rings. The number of piperazine rings is 1. The van der Waals surface area contributed by atoms with Crippen molar-refractivity contribution >= 4 is 22.5 Å². The third-order valence-corrected chi connectivity index (χ3v) is 5.89. The Morgan fingerprint density at radius 2 is 1.86 bits per heavy atom. The number of ether oxygens (including phenoxy) is 3. The lowest BCUT2D eigenvalue weighted by Gasteiger charge is -2.36. The summed E-state index contributed by atoms with van der Waals surface area (Å²) in [7, 11) is 1.59. The van der Waals surface area contributed by atoms with Crippen LogP contribution in [0.4, 0.5) is 5.69 Å². The van der Waals surface area contributed by atoms with Crippen LogP contribution in [0.3, 0.4) is 0 Å². The Labute approximate surface area is 211 Å². The van der Waals surface area contributed by atoms with Gasteiger partial charge in [0.05, 0.1) is 36.6 Å². The van der Waals surface area contributed by atoms with Gasteiger partial charge in [-0.3, -0.25) is 15.2 Å². The predicted molar refractivity (Wildman–Crippen MR) is 138 cm³/mol. The number of amides is 1. The second kappa shape index (κ2) is 11.1. The zero-order chi connectivity index (χ0) is 25.7. The van der Waals surface area contributed by atoms with E-state index in [1.807, 2.05) is 37.9 Å². The van der Waals surface area contributed by atoms with Crippen molar-refractivity contribution in [3.63, 3.8) is 0 Å². The van der Waals surface area contributed by atoms with E-state index in [1.54, 1.807) is 37.6 Å². The largest absolute Gasteiger partial charge is 0.493 e. The van der Waals surface area contributed by atoms with Crippen molar-refractivity contribution in [2.24, 2.45) is 0 Å². The van der Waals surface area contributed by atoms with Crippen LogP contribution >= 0.6 is 0 Å². The number of aromatic nitrogens is 1. The first-order valence-electron chi connectivity index (χ1n) is 12.0. The minimum atomic E-state index is -0.167. The summed E-state index contributed by atoms with van der Waals surface area (Å²) in [5, 5.41) is 12.5. The van der Waals surface area contributed by atoms with Crippen molar-refractivity contribution in [2.75, 3.05) is 44.8 Å². The summed E-state index contributed by atoms with van der Waals surface area (Å²) < 4.78 is 16.9. The lowest BCUT2D eigenvalue weighted by Crippen LogP contribution is -2.53. The maximum absolute atomic E-state index is 12.7. The number of nitrogens with zero attached hydrogens (tertiary/aromatic N) is 4. The summed E-state index contributed by atoms with van der Waals surface area (Å²) in [6.07, 6.45) is 1.67. The third-order valence-electron chi connectivity index (χ3n) is 5.89. The standard InChI is InChI=1S/C27H31N5O4/c1-5-35-25-15-23-22(14-24(25)34-4)26(20(16-28)17-29-23)31-10-12-32(13-11-31)30-27(33)19-6-8-21(9-7-19)36-18(2)3/h6-9,14-15,17-18H,5,10-13H2,1-4H3,(H,30,33). The summed E-state index contributed by atoms with van der Waals surface area (Å²) in [5.41, 5.74) is 5.59. The van der Waals surface area contributed by atoms with Gasteiger partial charge in [0.15, 0.2) is 11.5 Å². The van der Waals surface area contributed by atoms with E-state index in [4.69, 9.17) is 14.2 Å². The van der Waals surface area contributed by atoms with Gasteiger partial charge >= 0.3 is 0 Å². The highest BCUT2D eigenvalue weighted by Gasteiger charge is 2.24. The first-order valence-corrected chi connectivity index (χ1v) is 12.0. The van der Waals surface area contributed by atoms with Crippen LogP contribution in [-0.4, -0.2) is 61.9 Å². The molecular weight excluding hydrogens is 458 g/mol. The average molecular weight is 490 g/mol. The molecule has 2 aromatic carbocycles. The second-order valence-electron chi connectivity index (χ2n) is 8.69. The maximum Gasteiger partial charge on any atom is 0.265 e. The zero-order valence-electron chi connectivity index (χ0n) is 21.1. The normalized spacial score (nSPS) is 13.9. The van der Waals surface area contributed by atoms with Crippen LogP contribution in [0.1, 0.15) is 36.7 Å². The molecule has 36 heavy (non-hydrogen) atoms. The molecule has 4 rings (SSSR count). The molecule has 0 radical (unpaired) electrons. The molecule has 0 unspecified atom stereocenters. The smallest absolute Gasteiger partial charge is 0.265 e. The molecule has 1 aromatic heterocycles. The molecule has 0 aliphatic carbocycles. The van der Waals surface area contributed by atoms with Gasteiger partial charge in [-0.25, -0.2) is 5.01 Å². The van der Waals surface area contributed by atoms with Crippen LogP contribution in [0.5, 0.6) is 17.2 Å². The number of methoxy groups -OCH3 is 1. The van der Waals surface area contributed by atoms with Gasteiger partial charge in [0.2, 0.25) is 0 Å². The zero-order valence-corrected chi connectivity index (χ0v) is 21.1. The van der Waals surface area contributed by atoms with Gasteiger partial charge in [0.25, 0.3) is 5.91 Å². The van der Waals surface area contributed by atoms with E-state index in [2.05, 4.69) is 21.4 Å². The van der Waals surface area contributed by atoms with E-state index in [-0.39, 0.29) is 12.0 Å². The number of carbonyl (C=O) groups excluding carboxylic acids is 1. The Balaban J connectivity index is 1.48. The molecule has 0 atom stereocenters. The number of hydrogen-bond donors (Lipinski definition) is 1. The molecule has 1 amide bonds. The molecule has 9 nitrogen and oxygen atoms in total. The lowest BCUT2D eigenvalue weighted by molar-refractivity contribution is 0.0777. The van der Waals surface area contributed by atoms with Crippen molar-refractivity contribution < 1.29 is 19.0 Å². The second-order valence-corrected chi connectivity index (χ2v) is 8.69. The van der Waals surface area contributed by atoms with Crippen LogP contribution in [-0.2, 0) is 0 Å². The summed E-state index contributed by atoms with van der Waals surface area (Å²) >= 11 is 0. The molecule has 0 saturated carbocycles. The first-order chi connectivity index (χ1) is 17.4. The molecule has 1 aliphatic heterocycles. The Kier molecular flexibility index (Phi) is 7.76. The van der Waals surface area contributed by atoms with Crippen molar-refractivity contribution in [2.45, 2.75) is 26.9 Å². The fraction of sp³-hybridized carbons (Fsp3) is 0.370. The van der Waals surface area contributed by atoms with Gasteiger partial charge in [-0.1, -0.05) is 0 Å². The van der Waals surface area contributed by atoms with E-state index >= 15 is 0 Å². The molecule has 1 aliphatic rings. The lowest BCUT2D eigenvalue weighted by atomic mass is 10.1. The quantitative estimate of drug-likeness (QED) is 0.511. The van der Waals surface area contributed by atoms with Gasteiger partial charge in [-0.15, -0.1) is 0 Å². The number of pyridine rings is 1. The third kappa shape index (κ3) is 5.44. The molecule has 1 N–H and O–H groups in total. The van der Waals surface area contributed by atoms with E-state index in [0.717, 1.165) is 22.3 Å². The minimum absolute atomic E-state index is 0.0767. The van der Waals surface area contributed by atoms with E-state index in [0.29, 0.717) is 55.4 Å². The first kappa shape index (κ1) is 25.1. The van der Waals surface area contributed by atoms with E-state index in [1.165, 1.54) is 0 Å². The molecular formula is C27H31N5O4. The topological polar surface area (TPSA) is 100.0 Å². The minimum Gasteiger partial charge on any atom is -0.493 e. The molecule has 1 fully saturated rings. The van der Waals surface area contributed by atoms with Crippen LogP contribution < -0.4 is 24.5 Å². The number of anilines is 1. The summed E-state index contributed by atoms with van der Waals surface area (Å²) in [5.74, 6) is 1.78. The average Bonchev–Trinajstić information content (AvgIpc) is 2.88. The number of hydrogen-bond acceptors (Lipinski definition) is 8. The molecule has 0 bridgehead atoms. The highest BCUT2D eigenvalue weighted by Crippen LogP contribution is 2.37. The van der Waals surface area contributed by atoms with Gasteiger partial charge in [0.1, 0.15) is 11.8 Å². The highest BCUT2D eigenvalue weighted by molar-refractivity contribution is 5.97. The molecule has 1 saturated heterocycles. The molecule has 2 heterocycles. The van der Waals surface area contributed by atoms with E-state index in [9.17, 15) is 10.1 Å². The SMILES string of the molecule is CCOc1cc2ncc(C#N)c(N3CCN(NC(=O)c4ccc(OC(C)C)cc4)CC3)c2cc1OC. The van der Waals surface area contributed by atoms with Gasteiger partial charge in [0, 0.05) is 49.4 Å². The van der Waals surface area contributed by atoms with Crippen molar-refractivity contribution in [1.82, 2.24) is 15.4 Å². The molecule has 9 heteroatoms. The van der Waals surface area contributed by atoms with Gasteiger partial charge < -0.3 is 19.1 Å². The number of nitriles is 1. The number of nitrogens with one attached hydrogen (secondary N) is 1. The number of benzene rings is 2. The van der Waals surface area contributed by atoms with Crippen LogP contribution in [0.15, 0.2) is 42.6 Å². The van der Waals surface area contributed by atoms with Crippen molar-refractivity contribution in [3.05, 3.63) is 53.7 Å². The van der Waals surface area contributed by atoms with Crippen molar-refractivity contribution in [1.29, 1.82) is 5.26 Å². The highest BCUT2D eigenvalue weighted by atomic mass is 16.5. The summed E-state index contributed by atoms with van der Waals surface area (Å²) in [6, 6.07) is 13.1. The van der Waals surface area contributed by atoms with Gasteiger partial charge in [-0.05, 0) is 51.1 Å². The molecule has 0 spiro atoms. The number of rotatable bonds is 8. The molecule has 188 valence electrons. The fourth-order valence-corrected chi connectivity index (χ4v) is 4.24. The maximum atomic E-state index is 12.7. The van der Waals surface area contributed by atoms with Crippen LogP contribution in [0, 0.1) is 11.3 Å². The van der Waals surface area contributed by atoms with Gasteiger partial charge in [-0.2, -0.15) is 5.26 Å². The Bertz CT molecular complexity index is 1260. The number of fused-ring (bicyclic) bond motifs is 1.